The van der Waals surface area contributed by atoms with Crippen molar-refractivity contribution in [2.24, 2.45) is 0 Å². The zero-order valence-corrected chi connectivity index (χ0v) is 10.9. The van der Waals surface area contributed by atoms with Gasteiger partial charge in [-0.25, -0.2) is 4.98 Å². The van der Waals surface area contributed by atoms with Crippen LogP contribution in [0.5, 0.6) is 0 Å². The molecule has 0 radical (unpaired) electrons. The molecule has 0 saturated heterocycles. The minimum Gasteiger partial charge on any atom is -0.368 e. The third-order valence-electron chi connectivity index (χ3n) is 2.56. The monoisotopic (exact) mass is 268 g/mol. The largest absolute Gasteiger partial charge is 0.368 e. The molecule has 4 nitrogen and oxygen atoms in total. The van der Waals surface area contributed by atoms with E-state index in [2.05, 4.69) is 15.3 Å². The summed E-state index contributed by atoms with van der Waals surface area (Å²) in [7, 11) is 0. The van der Waals surface area contributed by atoms with Gasteiger partial charge < -0.3 is 11.1 Å². The summed E-state index contributed by atoms with van der Waals surface area (Å²) in [6.45, 7) is 0. The van der Waals surface area contributed by atoms with E-state index in [0.29, 0.717) is 5.82 Å². The standard InChI is InChI=1S/C14H12N4S/c15-14-17-11(12-7-4-8-19-12)9-13(18-14)16-10-5-2-1-3-6-10/h1-9H,(H3,15,16,17,18). The Kier molecular flexibility index (Phi) is 3.12. The highest BCUT2D eigenvalue weighted by molar-refractivity contribution is 7.13. The number of nitrogens with two attached hydrogens (primary N) is 1. The van der Waals surface area contributed by atoms with Crippen LogP contribution in [0.4, 0.5) is 17.5 Å². The first-order valence-corrected chi connectivity index (χ1v) is 6.70. The van der Waals surface area contributed by atoms with Crippen molar-refractivity contribution in [2.75, 3.05) is 11.1 Å². The molecule has 3 aromatic rings. The Morgan fingerprint density at radius 3 is 2.58 bits per heavy atom. The number of nitrogens with one attached hydrogen (secondary N) is 1. The van der Waals surface area contributed by atoms with Crippen LogP contribution < -0.4 is 11.1 Å². The van der Waals surface area contributed by atoms with Crippen LogP contribution in [-0.2, 0) is 0 Å². The number of rotatable bonds is 3. The zero-order chi connectivity index (χ0) is 13.1. The summed E-state index contributed by atoms with van der Waals surface area (Å²) in [5, 5.41) is 5.23. The van der Waals surface area contributed by atoms with E-state index in [1.165, 1.54) is 0 Å². The Hall–Kier alpha value is -2.40. The number of thiophene rings is 1. The molecule has 0 spiro atoms. The van der Waals surface area contributed by atoms with E-state index in [-0.39, 0.29) is 5.95 Å². The molecule has 0 bridgehead atoms. The maximum Gasteiger partial charge on any atom is 0.222 e. The van der Waals surface area contributed by atoms with E-state index >= 15 is 0 Å². The summed E-state index contributed by atoms with van der Waals surface area (Å²) < 4.78 is 0. The topological polar surface area (TPSA) is 63.8 Å². The molecule has 0 saturated carbocycles. The van der Waals surface area contributed by atoms with Gasteiger partial charge in [-0.05, 0) is 23.6 Å². The summed E-state index contributed by atoms with van der Waals surface area (Å²) in [4.78, 5) is 9.53. The predicted octanol–water partition coefficient (Wildman–Crippen LogP) is 3.53. The van der Waals surface area contributed by atoms with Gasteiger partial charge in [-0.1, -0.05) is 24.3 Å². The van der Waals surface area contributed by atoms with Gasteiger partial charge >= 0.3 is 0 Å². The summed E-state index contributed by atoms with van der Waals surface area (Å²) in [6, 6.07) is 15.7. The van der Waals surface area contributed by atoms with E-state index < -0.39 is 0 Å². The fourth-order valence-electron chi connectivity index (χ4n) is 1.75. The van der Waals surface area contributed by atoms with Gasteiger partial charge in [-0.15, -0.1) is 11.3 Å². The number of aromatic nitrogens is 2. The fraction of sp³-hybridized carbons (Fsp3) is 0. The molecule has 2 heterocycles. The second-order valence-electron chi connectivity index (χ2n) is 3.96. The number of hydrogen-bond donors (Lipinski definition) is 2. The number of nitrogens with zero attached hydrogens (tertiary/aromatic N) is 2. The highest BCUT2D eigenvalue weighted by Crippen LogP contribution is 2.26. The molecule has 94 valence electrons. The van der Waals surface area contributed by atoms with Crippen molar-refractivity contribution in [3.63, 3.8) is 0 Å². The molecule has 0 aliphatic carbocycles. The average molecular weight is 268 g/mol. The summed E-state index contributed by atoms with van der Waals surface area (Å²) in [5.41, 5.74) is 7.57. The van der Waals surface area contributed by atoms with Crippen molar-refractivity contribution in [3.05, 3.63) is 53.9 Å². The highest BCUT2D eigenvalue weighted by Gasteiger charge is 2.05. The molecular formula is C14H12N4S. The quantitative estimate of drug-likeness (QED) is 0.762. The third kappa shape index (κ3) is 2.71. The predicted molar refractivity (Wildman–Crippen MR) is 79.5 cm³/mol. The Labute approximate surface area is 115 Å². The van der Waals surface area contributed by atoms with Crippen LogP contribution in [0, 0.1) is 0 Å². The highest BCUT2D eigenvalue weighted by atomic mass is 32.1. The van der Waals surface area contributed by atoms with E-state index in [1.54, 1.807) is 11.3 Å². The summed E-state index contributed by atoms with van der Waals surface area (Å²) in [5.74, 6) is 0.964. The number of anilines is 3. The van der Waals surface area contributed by atoms with E-state index in [9.17, 15) is 0 Å². The van der Waals surface area contributed by atoms with E-state index in [0.717, 1.165) is 16.3 Å². The van der Waals surface area contributed by atoms with Crippen molar-refractivity contribution in [2.45, 2.75) is 0 Å². The first kappa shape index (κ1) is 11.7. The Balaban J connectivity index is 1.94. The summed E-state index contributed by atoms with van der Waals surface area (Å²) >= 11 is 1.63. The molecule has 0 fully saturated rings. The maximum atomic E-state index is 5.76. The minimum atomic E-state index is 0.268. The molecule has 0 amide bonds. The lowest BCUT2D eigenvalue weighted by Crippen LogP contribution is -2.00. The second kappa shape index (κ2) is 5.07. The molecule has 3 N–H and O–H groups in total. The average Bonchev–Trinajstić information content (AvgIpc) is 2.93. The minimum absolute atomic E-state index is 0.268. The summed E-state index contributed by atoms with van der Waals surface area (Å²) in [6.07, 6.45) is 0. The number of para-hydroxylation sites is 1. The van der Waals surface area contributed by atoms with E-state index in [4.69, 9.17) is 5.73 Å². The number of benzene rings is 1. The first-order valence-electron chi connectivity index (χ1n) is 5.82. The van der Waals surface area contributed by atoms with Crippen LogP contribution in [0.15, 0.2) is 53.9 Å². The number of nitrogen functional groups attached to an aromatic ring is 1. The number of hydrogen-bond acceptors (Lipinski definition) is 5. The molecular weight excluding hydrogens is 256 g/mol. The van der Waals surface area contributed by atoms with Gasteiger partial charge in [0, 0.05) is 11.8 Å². The van der Waals surface area contributed by atoms with Crippen molar-refractivity contribution >= 4 is 28.8 Å². The maximum absolute atomic E-state index is 5.76. The van der Waals surface area contributed by atoms with E-state index in [1.807, 2.05) is 53.9 Å². The van der Waals surface area contributed by atoms with Gasteiger partial charge in [0.05, 0.1) is 10.6 Å². The fourth-order valence-corrected chi connectivity index (χ4v) is 2.44. The van der Waals surface area contributed by atoms with Crippen LogP contribution in [-0.4, -0.2) is 9.97 Å². The Morgan fingerprint density at radius 1 is 1.00 bits per heavy atom. The lowest BCUT2D eigenvalue weighted by Gasteiger charge is -2.07. The molecule has 1 aromatic carbocycles. The van der Waals surface area contributed by atoms with Crippen molar-refractivity contribution in [1.82, 2.24) is 9.97 Å². The normalized spacial score (nSPS) is 10.3. The first-order chi connectivity index (χ1) is 9.31. The molecule has 5 heteroatoms. The SMILES string of the molecule is Nc1nc(Nc2ccccc2)cc(-c2cccs2)n1. The van der Waals surface area contributed by atoms with Crippen molar-refractivity contribution < 1.29 is 0 Å². The lowest BCUT2D eigenvalue weighted by atomic mass is 10.3. The molecule has 0 aliphatic heterocycles. The van der Waals surface area contributed by atoms with Crippen LogP contribution in [0.3, 0.4) is 0 Å². The van der Waals surface area contributed by atoms with Crippen LogP contribution in [0.2, 0.25) is 0 Å². The van der Waals surface area contributed by atoms with Gasteiger partial charge in [-0.2, -0.15) is 4.98 Å². The molecule has 0 atom stereocenters. The molecule has 0 aliphatic rings. The van der Waals surface area contributed by atoms with Crippen LogP contribution in [0.25, 0.3) is 10.6 Å². The third-order valence-corrected chi connectivity index (χ3v) is 3.46. The smallest absolute Gasteiger partial charge is 0.222 e. The van der Waals surface area contributed by atoms with Crippen molar-refractivity contribution in [3.8, 4) is 10.6 Å². The van der Waals surface area contributed by atoms with Gasteiger partial charge in [0.15, 0.2) is 0 Å². The van der Waals surface area contributed by atoms with Gasteiger partial charge in [-0.3, -0.25) is 0 Å². The van der Waals surface area contributed by atoms with Crippen LogP contribution >= 0.6 is 11.3 Å². The van der Waals surface area contributed by atoms with Gasteiger partial charge in [0.25, 0.3) is 0 Å². The van der Waals surface area contributed by atoms with Gasteiger partial charge in [0.2, 0.25) is 5.95 Å². The van der Waals surface area contributed by atoms with Gasteiger partial charge in [0.1, 0.15) is 5.82 Å². The molecule has 19 heavy (non-hydrogen) atoms. The molecule has 0 unspecified atom stereocenters. The zero-order valence-electron chi connectivity index (χ0n) is 10.1. The molecule has 2 aromatic heterocycles. The van der Waals surface area contributed by atoms with Crippen LogP contribution in [0.1, 0.15) is 0 Å². The Bertz CT molecular complexity index is 665. The lowest BCUT2D eigenvalue weighted by molar-refractivity contribution is 1.19. The van der Waals surface area contributed by atoms with Crippen molar-refractivity contribution in [1.29, 1.82) is 0 Å². The molecule has 3 rings (SSSR count). The second-order valence-corrected chi connectivity index (χ2v) is 4.91. The Morgan fingerprint density at radius 2 is 1.84 bits per heavy atom.